The summed E-state index contributed by atoms with van der Waals surface area (Å²) in [7, 11) is 0. The molecule has 19 heavy (non-hydrogen) atoms. The maximum absolute atomic E-state index is 11.9. The zero-order valence-electron chi connectivity index (χ0n) is 10.1. The smallest absolute Gasteiger partial charge is 0.255 e. The number of nitrogens with zero attached hydrogens (tertiary/aromatic N) is 2. The Balaban J connectivity index is 2.09. The van der Waals surface area contributed by atoms with E-state index in [0.29, 0.717) is 23.5 Å². The molecule has 0 radical (unpaired) electrons. The van der Waals surface area contributed by atoms with Crippen LogP contribution in [0.2, 0.25) is 0 Å². The van der Waals surface area contributed by atoms with Crippen molar-refractivity contribution in [3.8, 4) is 6.07 Å². The number of nitrogens with two attached hydrogens (primary N) is 1. The topological polar surface area (TPSA) is 91.8 Å². The van der Waals surface area contributed by atoms with Crippen LogP contribution in [0.1, 0.15) is 15.9 Å². The van der Waals surface area contributed by atoms with E-state index >= 15 is 0 Å². The summed E-state index contributed by atoms with van der Waals surface area (Å²) < 4.78 is 0. The molecule has 1 aromatic carbocycles. The van der Waals surface area contributed by atoms with Gasteiger partial charge in [-0.3, -0.25) is 4.79 Å². The lowest BCUT2D eigenvalue weighted by Gasteiger charge is -2.06. The zero-order valence-corrected chi connectivity index (χ0v) is 10.1. The predicted molar refractivity (Wildman–Crippen MR) is 72.4 cm³/mol. The minimum absolute atomic E-state index is 0.248. The number of hydrogen-bond donors (Lipinski definition) is 2. The van der Waals surface area contributed by atoms with Crippen LogP contribution in [0, 0.1) is 11.3 Å². The molecule has 1 heterocycles. The van der Waals surface area contributed by atoms with Crippen molar-refractivity contribution >= 4 is 17.4 Å². The fourth-order valence-corrected chi connectivity index (χ4v) is 1.59. The highest BCUT2D eigenvalue weighted by atomic mass is 16.1. The summed E-state index contributed by atoms with van der Waals surface area (Å²) in [6, 6.07) is 12.3. The van der Waals surface area contributed by atoms with Crippen LogP contribution < -0.4 is 11.1 Å². The summed E-state index contributed by atoms with van der Waals surface area (Å²) in [5.41, 5.74) is 7.55. The van der Waals surface area contributed by atoms with Crippen molar-refractivity contribution in [1.29, 1.82) is 5.26 Å². The number of rotatable bonds is 3. The molecule has 0 atom stereocenters. The molecule has 2 aromatic rings. The number of aromatic nitrogens is 1. The first-order valence-corrected chi connectivity index (χ1v) is 5.68. The van der Waals surface area contributed by atoms with E-state index < -0.39 is 0 Å². The van der Waals surface area contributed by atoms with Gasteiger partial charge in [0, 0.05) is 17.4 Å². The van der Waals surface area contributed by atoms with Crippen LogP contribution in [0.4, 0.5) is 11.5 Å². The number of nitrogens with one attached hydrogen (secondary N) is 1. The van der Waals surface area contributed by atoms with Crippen molar-refractivity contribution in [2.24, 2.45) is 0 Å². The molecule has 94 valence electrons. The lowest BCUT2D eigenvalue weighted by atomic mass is 10.1. The molecule has 3 N–H and O–H groups in total. The zero-order chi connectivity index (χ0) is 13.7. The fraction of sp³-hybridized carbons (Fsp3) is 0.0714. The summed E-state index contributed by atoms with van der Waals surface area (Å²) in [5, 5.41) is 11.3. The highest BCUT2D eigenvalue weighted by Crippen LogP contribution is 2.12. The molecule has 1 aromatic heterocycles. The van der Waals surface area contributed by atoms with Gasteiger partial charge in [0.05, 0.1) is 12.5 Å². The number of benzene rings is 1. The average molecular weight is 252 g/mol. The molecule has 0 aliphatic carbocycles. The maximum Gasteiger partial charge on any atom is 0.255 e. The van der Waals surface area contributed by atoms with E-state index in [1.807, 2.05) is 0 Å². The largest absolute Gasteiger partial charge is 0.384 e. The van der Waals surface area contributed by atoms with Crippen LogP contribution in [-0.2, 0) is 6.42 Å². The highest BCUT2D eigenvalue weighted by Gasteiger charge is 2.06. The first-order chi connectivity index (χ1) is 9.19. The van der Waals surface area contributed by atoms with Crippen molar-refractivity contribution in [3.05, 3.63) is 53.7 Å². The Morgan fingerprint density at radius 2 is 2.05 bits per heavy atom. The van der Waals surface area contributed by atoms with Crippen molar-refractivity contribution in [1.82, 2.24) is 4.98 Å². The number of amides is 1. The third kappa shape index (κ3) is 3.30. The second kappa shape index (κ2) is 5.65. The van der Waals surface area contributed by atoms with E-state index in [9.17, 15) is 4.79 Å². The number of pyridine rings is 1. The lowest BCUT2D eigenvalue weighted by molar-refractivity contribution is 0.102. The molecule has 0 unspecified atom stereocenters. The van der Waals surface area contributed by atoms with Crippen LogP contribution in [0.5, 0.6) is 0 Å². The monoisotopic (exact) mass is 252 g/mol. The van der Waals surface area contributed by atoms with Gasteiger partial charge >= 0.3 is 0 Å². The molecule has 0 aliphatic rings. The molecule has 1 amide bonds. The van der Waals surface area contributed by atoms with Gasteiger partial charge in [-0.1, -0.05) is 12.1 Å². The number of nitriles is 1. The van der Waals surface area contributed by atoms with E-state index in [1.165, 1.54) is 12.3 Å². The van der Waals surface area contributed by atoms with Crippen molar-refractivity contribution in [3.63, 3.8) is 0 Å². The second-order valence-corrected chi connectivity index (χ2v) is 3.96. The van der Waals surface area contributed by atoms with Gasteiger partial charge in [0.1, 0.15) is 5.82 Å². The molecule has 5 nitrogen and oxygen atoms in total. The summed E-state index contributed by atoms with van der Waals surface area (Å²) in [6.07, 6.45) is 1.84. The van der Waals surface area contributed by atoms with Gasteiger partial charge in [-0.2, -0.15) is 5.26 Å². The Morgan fingerprint density at radius 1 is 1.32 bits per heavy atom. The highest BCUT2D eigenvalue weighted by molar-refractivity contribution is 6.04. The van der Waals surface area contributed by atoms with Gasteiger partial charge in [0.25, 0.3) is 5.91 Å². The molecule has 0 fully saturated rings. The third-order valence-corrected chi connectivity index (χ3v) is 2.54. The second-order valence-electron chi connectivity index (χ2n) is 3.96. The Hall–Kier alpha value is -2.87. The number of carbonyl (C=O) groups excluding carboxylic acids is 1. The Labute approximate surface area is 110 Å². The van der Waals surface area contributed by atoms with Gasteiger partial charge in [-0.25, -0.2) is 4.98 Å². The fourth-order valence-electron chi connectivity index (χ4n) is 1.59. The Morgan fingerprint density at radius 3 is 2.68 bits per heavy atom. The van der Waals surface area contributed by atoms with Crippen LogP contribution in [0.25, 0.3) is 0 Å². The van der Waals surface area contributed by atoms with Crippen LogP contribution in [0.3, 0.4) is 0 Å². The predicted octanol–water partition coefficient (Wildman–Crippen LogP) is 1.98. The number of nitrogen functional groups attached to an aromatic ring is 1. The van der Waals surface area contributed by atoms with E-state index in [0.717, 1.165) is 5.56 Å². The molecule has 0 saturated carbocycles. The molecule has 5 heteroatoms. The standard InChI is InChI=1S/C14H12N4O/c15-7-5-10-1-3-12(4-2-10)18-14(19)11-6-8-17-13(16)9-11/h1-4,6,8-9H,5H2,(H2,16,17)(H,18,19). The molecule has 2 rings (SSSR count). The minimum atomic E-state index is -0.248. The summed E-state index contributed by atoms with van der Waals surface area (Å²) in [6.45, 7) is 0. The average Bonchev–Trinajstić information content (AvgIpc) is 2.41. The SMILES string of the molecule is N#CCc1ccc(NC(=O)c2ccnc(N)c2)cc1. The number of hydrogen-bond acceptors (Lipinski definition) is 4. The van der Waals surface area contributed by atoms with Gasteiger partial charge in [-0.15, -0.1) is 0 Å². The quantitative estimate of drug-likeness (QED) is 0.873. The number of carbonyl (C=O) groups is 1. The van der Waals surface area contributed by atoms with Gasteiger partial charge in [-0.05, 0) is 29.8 Å². The van der Waals surface area contributed by atoms with Gasteiger partial charge < -0.3 is 11.1 Å². The van der Waals surface area contributed by atoms with Crippen molar-refractivity contribution in [2.45, 2.75) is 6.42 Å². The molecule has 0 spiro atoms. The summed E-state index contributed by atoms with van der Waals surface area (Å²) in [5.74, 6) is 0.0548. The van der Waals surface area contributed by atoms with Crippen LogP contribution >= 0.6 is 0 Å². The normalized spacial score (nSPS) is 9.63. The molecule has 0 bridgehead atoms. The molecule has 0 aliphatic heterocycles. The first-order valence-electron chi connectivity index (χ1n) is 5.68. The van der Waals surface area contributed by atoms with E-state index in [1.54, 1.807) is 30.3 Å². The summed E-state index contributed by atoms with van der Waals surface area (Å²) >= 11 is 0. The molecule has 0 saturated heterocycles. The Bertz CT molecular complexity index is 629. The third-order valence-electron chi connectivity index (χ3n) is 2.54. The maximum atomic E-state index is 11.9. The van der Waals surface area contributed by atoms with Crippen molar-refractivity contribution < 1.29 is 4.79 Å². The van der Waals surface area contributed by atoms with E-state index in [2.05, 4.69) is 16.4 Å². The minimum Gasteiger partial charge on any atom is -0.384 e. The summed E-state index contributed by atoms with van der Waals surface area (Å²) in [4.78, 5) is 15.8. The van der Waals surface area contributed by atoms with Crippen LogP contribution in [-0.4, -0.2) is 10.9 Å². The van der Waals surface area contributed by atoms with Gasteiger partial charge in [0.15, 0.2) is 0 Å². The van der Waals surface area contributed by atoms with Crippen molar-refractivity contribution in [2.75, 3.05) is 11.1 Å². The molecular weight excluding hydrogens is 240 g/mol. The number of anilines is 2. The Kier molecular flexibility index (Phi) is 3.74. The molecular formula is C14H12N4O. The van der Waals surface area contributed by atoms with Gasteiger partial charge in [0.2, 0.25) is 0 Å². The van der Waals surface area contributed by atoms with Crippen LogP contribution in [0.15, 0.2) is 42.6 Å². The van der Waals surface area contributed by atoms with E-state index in [4.69, 9.17) is 11.0 Å². The lowest BCUT2D eigenvalue weighted by Crippen LogP contribution is -2.12. The first kappa shape index (κ1) is 12.6. The van der Waals surface area contributed by atoms with E-state index in [-0.39, 0.29) is 5.91 Å².